The molecule has 0 spiro atoms. The molecule has 4 rings (SSSR count). The summed E-state index contributed by atoms with van der Waals surface area (Å²) in [5, 5.41) is 14.1. The number of aromatic nitrogens is 3. The van der Waals surface area contributed by atoms with Crippen molar-refractivity contribution in [3.8, 4) is 0 Å². The van der Waals surface area contributed by atoms with Crippen molar-refractivity contribution in [3.63, 3.8) is 0 Å². The molecule has 0 fully saturated rings. The molecular formula is C16H20ClN5O2S. The Labute approximate surface area is 151 Å². The fourth-order valence-corrected chi connectivity index (χ4v) is 4.79. The molecule has 0 saturated heterocycles. The van der Waals surface area contributed by atoms with Gasteiger partial charge in [-0.15, -0.1) is 10.2 Å². The van der Waals surface area contributed by atoms with Crippen LogP contribution < -0.4 is 10.0 Å². The Kier molecular flexibility index (Phi) is 4.21. The van der Waals surface area contributed by atoms with Gasteiger partial charge in [0.1, 0.15) is 10.7 Å². The Balaban J connectivity index is 1.64. The zero-order chi connectivity index (χ0) is 17.6. The monoisotopic (exact) mass is 381 g/mol. The predicted octanol–water partition coefficient (Wildman–Crippen LogP) is 1.87. The van der Waals surface area contributed by atoms with Crippen molar-refractivity contribution in [3.05, 3.63) is 34.4 Å². The molecule has 2 aromatic rings. The van der Waals surface area contributed by atoms with E-state index in [1.165, 1.54) is 6.42 Å². The number of benzene rings is 1. The maximum Gasteiger partial charge on any atom is 0.239 e. The highest BCUT2D eigenvalue weighted by Gasteiger charge is 2.26. The molecule has 7 nitrogen and oxygen atoms in total. The molecule has 0 unspecified atom stereocenters. The van der Waals surface area contributed by atoms with E-state index in [0.29, 0.717) is 6.54 Å². The van der Waals surface area contributed by atoms with E-state index >= 15 is 0 Å². The SMILES string of the molecule is NS(=O)(=O)c1cc2c(cc1Cl)N(Cc1nnc3n1CCCCC3)CC2. The maximum atomic E-state index is 11.6. The minimum absolute atomic E-state index is 0.00823. The lowest BCUT2D eigenvalue weighted by atomic mass is 10.2. The van der Waals surface area contributed by atoms with E-state index in [1.807, 2.05) is 0 Å². The predicted molar refractivity (Wildman–Crippen MR) is 95.2 cm³/mol. The minimum atomic E-state index is -3.82. The zero-order valence-electron chi connectivity index (χ0n) is 13.8. The summed E-state index contributed by atoms with van der Waals surface area (Å²) in [6.07, 6.45) is 5.28. The lowest BCUT2D eigenvalue weighted by Crippen LogP contribution is -2.23. The molecule has 9 heteroatoms. The second-order valence-electron chi connectivity index (χ2n) is 6.62. The Hall–Kier alpha value is -1.64. The van der Waals surface area contributed by atoms with Crippen LogP contribution >= 0.6 is 11.6 Å². The van der Waals surface area contributed by atoms with Gasteiger partial charge in [0, 0.05) is 25.2 Å². The van der Waals surface area contributed by atoms with Gasteiger partial charge in [0.25, 0.3) is 0 Å². The van der Waals surface area contributed by atoms with Crippen molar-refractivity contribution in [1.82, 2.24) is 14.8 Å². The summed E-state index contributed by atoms with van der Waals surface area (Å²) in [6, 6.07) is 3.29. The Morgan fingerprint density at radius 1 is 1.12 bits per heavy atom. The van der Waals surface area contributed by atoms with E-state index in [4.69, 9.17) is 16.7 Å². The van der Waals surface area contributed by atoms with Crippen LogP contribution in [0.15, 0.2) is 17.0 Å². The first-order chi connectivity index (χ1) is 11.9. The molecule has 134 valence electrons. The molecule has 1 aromatic carbocycles. The molecule has 3 heterocycles. The first-order valence-corrected chi connectivity index (χ1v) is 10.4. The van der Waals surface area contributed by atoms with E-state index in [9.17, 15) is 8.42 Å². The van der Waals surface area contributed by atoms with Crippen LogP contribution in [0.25, 0.3) is 0 Å². The van der Waals surface area contributed by atoms with Crippen LogP contribution in [0.4, 0.5) is 5.69 Å². The van der Waals surface area contributed by atoms with Gasteiger partial charge < -0.3 is 9.47 Å². The van der Waals surface area contributed by atoms with Gasteiger partial charge in [0.05, 0.1) is 11.6 Å². The number of primary sulfonamides is 1. The van der Waals surface area contributed by atoms with Gasteiger partial charge in [-0.1, -0.05) is 18.0 Å². The topological polar surface area (TPSA) is 94.1 Å². The van der Waals surface area contributed by atoms with Crippen LogP contribution in [0, 0.1) is 0 Å². The first kappa shape index (κ1) is 16.8. The fourth-order valence-electron chi connectivity index (χ4n) is 3.67. The molecule has 1 aromatic heterocycles. The van der Waals surface area contributed by atoms with Crippen molar-refractivity contribution in [2.45, 2.75) is 50.1 Å². The molecular weight excluding hydrogens is 362 g/mol. The van der Waals surface area contributed by atoms with Crippen LogP contribution in [0.5, 0.6) is 0 Å². The Morgan fingerprint density at radius 2 is 1.96 bits per heavy atom. The third-order valence-corrected chi connectivity index (χ3v) is 6.33. The van der Waals surface area contributed by atoms with Crippen LogP contribution in [-0.4, -0.2) is 29.7 Å². The second kappa shape index (κ2) is 6.26. The average Bonchev–Trinajstić information content (AvgIpc) is 3.02. The molecule has 0 atom stereocenters. The van der Waals surface area contributed by atoms with Gasteiger partial charge in [-0.3, -0.25) is 0 Å². The minimum Gasteiger partial charge on any atom is -0.363 e. The van der Waals surface area contributed by atoms with Crippen molar-refractivity contribution in [1.29, 1.82) is 0 Å². The zero-order valence-corrected chi connectivity index (χ0v) is 15.4. The third-order valence-electron chi connectivity index (χ3n) is 4.95. The summed E-state index contributed by atoms with van der Waals surface area (Å²) < 4.78 is 25.5. The highest BCUT2D eigenvalue weighted by Crippen LogP contribution is 2.35. The van der Waals surface area contributed by atoms with Gasteiger partial charge in [-0.2, -0.15) is 0 Å². The molecule has 2 aliphatic rings. The lowest BCUT2D eigenvalue weighted by molar-refractivity contribution is 0.597. The van der Waals surface area contributed by atoms with Gasteiger partial charge in [0.15, 0.2) is 5.82 Å². The fraction of sp³-hybridized carbons (Fsp3) is 0.500. The number of rotatable bonds is 3. The van der Waals surface area contributed by atoms with Crippen molar-refractivity contribution >= 4 is 27.3 Å². The number of nitrogens with two attached hydrogens (primary N) is 1. The first-order valence-electron chi connectivity index (χ1n) is 8.44. The number of anilines is 1. The smallest absolute Gasteiger partial charge is 0.239 e. The number of aryl methyl sites for hydroxylation is 1. The standard InChI is InChI=1S/C16H20ClN5O2S/c17-12-9-13-11(8-14(12)25(18,23)24)5-7-21(13)10-16-20-19-15-4-2-1-3-6-22(15)16/h8-9H,1-7,10H2,(H2,18,23,24). The van der Waals surface area contributed by atoms with Crippen molar-refractivity contribution in [2.75, 3.05) is 11.4 Å². The summed E-state index contributed by atoms with van der Waals surface area (Å²) in [6.45, 7) is 2.40. The number of sulfonamides is 1. The number of nitrogens with zero attached hydrogens (tertiary/aromatic N) is 4. The maximum absolute atomic E-state index is 11.6. The third kappa shape index (κ3) is 3.14. The summed E-state index contributed by atoms with van der Waals surface area (Å²) >= 11 is 6.16. The van der Waals surface area contributed by atoms with E-state index in [-0.39, 0.29) is 9.92 Å². The molecule has 0 bridgehead atoms. The Morgan fingerprint density at radius 3 is 2.76 bits per heavy atom. The van der Waals surface area contributed by atoms with Crippen molar-refractivity contribution in [2.24, 2.45) is 5.14 Å². The van der Waals surface area contributed by atoms with Gasteiger partial charge >= 0.3 is 0 Å². The van der Waals surface area contributed by atoms with E-state index in [0.717, 1.165) is 61.7 Å². The normalized spacial score (nSPS) is 17.3. The molecule has 0 amide bonds. The van der Waals surface area contributed by atoms with Crippen LogP contribution in [0.3, 0.4) is 0 Å². The highest BCUT2D eigenvalue weighted by atomic mass is 35.5. The Bertz CT molecular complexity index is 925. The quantitative estimate of drug-likeness (QED) is 0.875. The number of fused-ring (bicyclic) bond motifs is 2. The van der Waals surface area contributed by atoms with Gasteiger partial charge in [-0.05, 0) is 37.0 Å². The molecule has 0 saturated carbocycles. The van der Waals surface area contributed by atoms with E-state index in [2.05, 4.69) is 19.7 Å². The number of halogens is 1. The molecule has 2 N–H and O–H groups in total. The van der Waals surface area contributed by atoms with E-state index < -0.39 is 10.0 Å². The van der Waals surface area contributed by atoms with Crippen LogP contribution in [0.2, 0.25) is 5.02 Å². The number of hydrogen-bond acceptors (Lipinski definition) is 5. The van der Waals surface area contributed by atoms with Crippen molar-refractivity contribution < 1.29 is 8.42 Å². The molecule has 0 aliphatic carbocycles. The molecule has 25 heavy (non-hydrogen) atoms. The summed E-state index contributed by atoms with van der Waals surface area (Å²) in [5.74, 6) is 2.02. The van der Waals surface area contributed by atoms with Crippen LogP contribution in [0.1, 0.15) is 36.5 Å². The second-order valence-corrected chi connectivity index (χ2v) is 8.56. The highest BCUT2D eigenvalue weighted by molar-refractivity contribution is 7.89. The summed E-state index contributed by atoms with van der Waals surface area (Å²) in [4.78, 5) is 2.17. The van der Waals surface area contributed by atoms with E-state index in [1.54, 1.807) is 12.1 Å². The lowest BCUT2D eigenvalue weighted by Gasteiger charge is -2.20. The van der Waals surface area contributed by atoms with Gasteiger partial charge in [0.2, 0.25) is 10.0 Å². The largest absolute Gasteiger partial charge is 0.363 e. The van der Waals surface area contributed by atoms with Gasteiger partial charge in [-0.25, -0.2) is 13.6 Å². The summed E-state index contributed by atoms with van der Waals surface area (Å²) in [7, 11) is -3.82. The summed E-state index contributed by atoms with van der Waals surface area (Å²) in [5.41, 5.74) is 1.90. The molecule has 0 radical (unpaired) electrons. The van der Waals surface area contributed by atoms with Crippen LogP contribution in [-0.2, 0) is 36.0 Å². The number of hydrogen-bond donors (Lipinski definition) is 1. The average molecular weight is 382 g/mol. The molecule has 2 aliphatic heterocycles.